The fourth-order valence-electron chi connectivity index (χ4n) is 0. The zero-order chi connectivity index (χ0) is 18.0. The zero-order valence-corrected chi connectivity index (χ0v) is 20.9. The van der Waals surface area contributed by atoms with Gasteiger partial charge >= 0.3 is 67.8 Å². The van der Waals surface area contributed by atoms with Crippen LogP contribution in [0.3, 0.4) is 0 Å². The predicted molar refractivity (Wildman–Crippen MR) is 66.6 cm³/mol. The van der Waals surface area contributed by atoms with Gasteiger partial charge in [-0.05, 0) is 0 Å². The molecule has 16 nitrogen and oxygen atoms in total. The van der Waals surface area contributed by atoms with Crippen molar-refractivity contribution in [2.75, 3.05) is 0 Å². The smallest absolute Gasteiger partial charge is 0 e. The molecule has 0 aromatic carbocycles. The topological polar surface area (TPSA) is 298 Å². The Morgan fingerprint density at radius 2 is 0.348 bits per heavy atom. The number of rotatable bonds is 0. The van der Waals surface area contributed by atoms with E-state index in [0.717, 1.165) is 0 Å². The van der Waals surface area contributed by atoms with Gasteiger partial charge in [0.2, 0.25) is 0 Å². The quantitative estimate of drug-likeness (QED) is 0.0881. The van der Waals surface area contributed by atoms with Gasteiger partial charge in [0.05, 0.1) is 0 Å². The van der Waals surface area contributed by atoms with E-state index in [-0.39, 0.29) is 60.3 Å². The second-order valence-electron chi connectivity index (χ2n) is 1.79. The van der Waals surface area contributed by atoms with E-state index in [9.17, 15) is 0 Å². The third-order valence-electron chi connectivity index (χ3n) is 0. The number of hydrogen-bond donors (Lipinski definition) is 8. The van der Waals surface area contributed by atoms with E-state index in [1.165, 1.54) is 0 Å². The van der Waals surface area contributed by atoms with Gasteiger partial charge in [-0.15, -0.1) is 0 Å². The summed E-state index contributed by atoms with van der Waals surface area (Å²) in [7, 11) is -18.7. The molecule has 0 unspecified atom stereocenters. The van der Waals surface area contributed by atoms with E-state index in [1.54, 1.807) is 0 Å². The summed E-state index contributed by atoms with van der Waals surface area (Å²) in [6.07, 6.45) is 0. The van der Waals surface area contributed by atoms with E-state index < -0.39 is 41.6 Å². The zero-order valence-electron chi connectivity index (χ0n) is 9.89. The van der Waals surface area contributed by atoms with Crippen LogP contribution >= 0.6 is 0 Å². The molecule has 0 fully saturated rings. The van der Waals surface area contributed by atoms with Gasteiger partial charge in [-0.3, -0.25) is 36.4 Å². The van der Waals surface area contributed by atoms with Crippen LogP contribution < -0.4 is 0 Å². The maximum atomic E-state index is 8.74. The second-order valence-corrected chi connectivity index (χ2v) is 5.37. The summed E-state index contributed by atoms with van der Waals surface area (Å²) < 4.78 is 126. The first kappa shape index (κ1) is 44.1. The molecule has 23 heavy (non-hydrogen) atoms. The molecule has 8 N–H and O–H groups in total. The molecular weight excluding hydrogens is 705 g/mol. The van der Waals surface area contributed by atoms with Gasteiger partial charge in [0.25, 0.3) is 0 Å². The monoisotopic (exact) mass is 716 g/mol. The fourth-order valence-corrected chi connectivity index (χ4v) is 0. The molecule has 152 valence electrons. The molecule has 0 spiro atoms. The van der Waals surface area contributed by atoms with Gasteiger partial charge in [0.15, 0.2) is 0 Å². The van der Waals surface area contributed by atoms with Gasteiger partial charge < -0.3 is 0 Å². The SMILES string of the molecule is O=S(=O)(O)O.O=S(=O)(O)O.O=S(=O)(O)O.O=S(=O)(O)O.[BiH3].[Fe].[Fe]. The first-order valence-corrected chi connectivity index (χ1v) is 8.38. The summed E-state index contributed by atoms with van der Waals surface area (Å²) in [6.45, 7) is 0. The molecule has 0 saturated heterocycles. The molecule has 23 heteroatoms. The standard InChI is InChI=1S/Bi.2Fe.4H2O4S.3H/c;;;4*1-5(2,3)4;;;/h;;;4*(H2,1,2,3,4);;;. The Morgan fingerprint density at radius 3 is 0.348 bits per heavy atom. The molecule has 0 heterocycles. The van der Waals surface area contributed by atoms with E-state index in [2.05, 4.69) is 0 Å². The van der Waals surface area contributed by atoms with Gasteiger partial charge in [-0.2, -0.15) is 33.7 Å². The summed E-state index contributed by atoms with van der Waals surface area (Å²) in [5.41, 5.74) is 0. The molecule has 0 aliphatic rings. The molecule has 0 atom stereocenters. The second kappa shape index (κ2) is 18.2. The average molecular weight is 716 g/mol. The van der Waals surface area contributed by atoms with Gasteiger partial charge in [0, 0.05) is 34.1 Å². The van der Waals surface area contributed by atoms with Crippen molar-refractivity contribution in [3.05, 3.63) is 0 Å². The van der Waals surface area contributed by atoms with Crippen molar-refractivity contribution in [1.29, 1.82) is 0 Å². The molecule has 0 amide bonds. The van der Waals surface area contributed by atoms with Crippen molar-refractivity contribution < 1.29 is 104 Å². The largest absolute Gasteiger partial charge is 0 e. The Kier molecular flexibility index (Phi) is 34.9. The predicted octanol–water partition coefficient (Wildman–Crippen LogP) is -3.80. The summed E-state index contributed by atoms with van der Waals surface area (Å²) >= 11 is 0. The Balaban J connectivity index is -0.0000000284. The van der Waals surface area contributed by atoms with Crippen molar-refractivity contribution >= 4 is 67.8 Å². The van der Waals surface area contributed by atoms with Gasteiger partial charge in [0.1, 0.15) is 0 Å². The van der Waals surface area contributed by atoms with Crippen molar-refractivity contribution in [1.82, 2.24) is 0 Å². The molecule has 0 saturated carbocycles. The molecular formula is H11BiFe2O16S4. The van der Waals surface area contributed by atoms with Crippen molar-refractivity contribution in [3.8, 4) is 0 Å². The van der Waals surface area contributed by atoms with Crippen LogP contribution in [0.5, 0.6) is 0 Å². The van der Waals surface area contributed by atoms with Crippen LogP contribution in [0.25, 0.3) is 0 Å². The average Bonchev–Trinajstić information content (AvgIpc) is 1.62. The molecule has 0 aromatic rings. The van der Waals surface area contributed by atoms with Crippen molar-refractivity contribution in [2.24, 2.45) is 0 Å². The van der Waals surface area contributed by atoms with Crippen LogP contribution in [-0.2, 0) is 75.7 Å². The third kappa shape index (κ3) is 5450. The van der Waals surface area contributed by atoms with Crippen LogP contribution in [0, 0.1) is 0 Å². The maximum absolute atomic E-state index is 8.74. The summed E-state index contributed by atoms with van der Waals surface area (Å²) in [5.74, 6) is 0. The van der Waals surface area contributed by atoms with Crippen LogP contribution in [0.15, 0.2) is 0 Å². The minimum Gasteiger partial charge on any atom is 0 e. The Labute approximate surface area is 170 Å². The molecule has 0 aromatic heterocycles. The Hall–Kier alpha value is 1.40. The minimum absolute atomic E-state index is 0. The molecule has 0 radical (unpaired) electrons. The molecule has 0 rings (SSSR count). The normalized spacial score (nSPS) is 10.1. The number of hydrogen-bond acceptors (Lipinski definition) is 8. The van der Waals surface area contributed by atoms with Crippen LogP contribution in [0.1, 0.15) is 0 Å². The summed E-state index contributed by atoms with van der Waals surface area (Å²) in [6, 6.07) is 0. The summed E-state index contributed by atoms with van der Waals surface area (Å²) in [5, 5.41) is 0. The minimum atomic E-state index is -4.67. The Bertz CT molecular complexity index is 483. The van der Waals surface area contributed by atoms with E-state index >= 15 is 0 Å². The van der Waals surface area contributed by atoms with E-state index in [4.69, 9.17) is 70.1 Å². The van der Waals surface area contributed by atoms with Crippen LogP contribution in [-0.4, -0.2) is 96.3 Å². The van der Waals surface area contributed by atoms with Crippen molar-refractivity contribution in [2.45, 2.75) is 0 Å². The molecule has 0 aliphatic heterocycles. The molecule has 0 bridgehead atoms. The molecule has 0 aliphatic carbocycles. The maximum Gasteiger partial charge on any atom is 0 e. The summed E-state index contributed by atoms with van der Waals surface area (Å²) in [4.78, 5) is 0. The van der Waals surface area contributed by atoms with Crippen LogP contribution in [0.2, 0.25) is 0 Å². The third-order valence-corrected chi connectivity index (χ3v) is 0. The first-order valence-electron chi connectivity index (χ1n) is 2.79. The van der Waals surface area contributed by atoms with Gasteiger partial charge in [-0.1, -0.05) is 0 Å². The fraction of sp³-hybridized carbons (Fsp3) is 0. The van der Waals surface area contributed by atoms with Crippen molar-refractivity contribution in [3.63, 3.8) is 0 Å². The van der Waals surface area contributed by atoms with Gasteiger partial charge in [-0.25, -0.2) is 0 Å². The van der Waals surface area contributed by atoms with E-state index in [1.807, 2.05) is 0 Å². The van der Waals surface area contributed by atoms with Crippen LogP contribution in [0.4, 0.5) is 0 Å². The first-order chi connectivity index (χ1) is 8.00. The Morgan fingerprint density at radius 1 is 0.348 bits per heavy atom. The van der Waals surface area contributed by atoms with E-state index in [0.29, 0.717) is 0 Å².